The largest absolute Gasteiger partial charge is 0.342 e. The number of hydrogen-bond donors (Lipinski definition) is 1. The van der Waals surface area contributed by atoms with Gasteiger partial charge in [0.15, 0.2) is 4.90 Å². The molecule has 0 atom stereocenters. The number of carbonyl (C=O) groups excluding carboxylic acids is 1. The third kappa shape index (κ3) is 3.56. The van der Waals surface area contributed by atoms with Gasteiger partial charge in [-0.05, 0) is 18.9 Å². The van der Waals surface area contributed by atoms with E-state index >= 15 is 0 Å². The van der Waals surface area contributed by atoms with Gasteiger partial charge in [-0.1, -0.05) is 12.1 Å². The van der Waals surface area contributed by atoms with Gasteiger partial charge in [0.1, 0.15) is 0 Å². The molecule has 1 aromatic rings. The molecule has 0 bridgehead atoms. The molecule has 0 aromatic heterocycles. The summed E-state index contributed by atoms with van der Waals surface area (Å²) in [4.78, 5) is 23.0. The number of amides is 1. The maximum absolute atomic E-state index is 12.1. The molecule has 9 heteroatoms. The maximum Gasteiger partial charge on any atom is 0.289 e. The van der Waals surface area contributed by atoms with Gasteiger partial charge in [0, 0.05) is 19.2 Å². The molecular formula is C12H15N3O5S. The Labute approximate surface area is 122 Å². The number of rotatable bonds is 5. The number of sulfonamides is 1. The lowest BCUT2D eigenvalue weighted by molar-refractivity contribution is -0.387. The van der Waals surface area contributed by atoms with E-state index in [0.29, 0.717) is 13.1 Å². The first-order valence-corrected chi connectivity index (χ1v) is 7.91. The van der Waals surface area contributed by atoms with E-state index in [2.05, 4.69) is 4.72 Å². The Morgan fingerprint density at radius 2 is 1.90 bits per heavy atom. The summed E-state index contributed by atoms with van der Waals surface area (Å²) in [5.74, 6) is -0.324. The second-order valence-corrected chi connectivity index (χ2v) is 6.37. The van der Waals surface area contributed by atoms with E-state index in [-0.39, 0.29) is 5.91 Å². The van der Waals surface area contributed by atoms with Gasteiger partial charge in [-0.2, -0.15) is 0 Å². The van der Waals surface area contributed by atoms with E-state index in [1.807, 2.05) is 0 Å². The molecule has 0 aliphatic carbocycles. The zero-order chi connectivity index (χ0) is 15.5. The molecule has 2 rings (SSSR count). The predicted molar refractivity (Wildman–Crippen MR) is 74.1 cm³/mol. The lowest BCUT2D eigenvalue weighted by Crippen LogP contribution is -2.38. The van der Waals surface area contributed by atoms with Crippen LogP contribution < -0.4 is 4.72 Å². The summed E-state index contributed by atoms with van der Waals surface area (Å²) in [5.41, 5.74) is -0.515. The first-order chi connectivity index (χ1) is 9.92. The third-order valence-electron chi connectivity index (χ3n) is 3.22. The van der Waals surface area contributed by atoms with Gasteiger partial charge < -0.3 is 4.90 Å². The van der Waals surface area contributed by atoms with E-state index in [1.165, 1.54) is 12.1 Å². The molecule has 1 fully saturated rings. The van der Waals surface area contributed by atoms with Gasteiger partial charge in [0.2, 0.25) is 15.9 Å². The van der Waals surface area contributed by atoms with Crippen molar-refractivity contribution in [2.45, 2.75) is 17.7 Å². The van der Waals surface area contributed by atoms with Crippen molar-refractivity contribution < 1.29 is 18.1 Å². The number of nitrogens with one attached hydrogen (secondary N) is 1. The molecule has 0 spiro atoms. The summed E-state index contributed by atoms with van der Waals surface area (Å²) in [7, 11) is -4.10. The number of nitro benzene ring substituents is 1. The zero-order valence-electron chi connectivity index (χ0n) is 11.2. The third-order valence-corrected chi connectivity index (χ3v) is 4.67. The van der Waals surface area contributed by atoms with Crippen molar-refractivity contribution in [2.24, 2.45) is 0 Å². The highest BCUT2D eigenvalue weighted by molar-refractivity contribution is 7.89. The topological polar surface area (TPSA) is 110 Å². The molecular weight excluding hydrogens is 298 g/mol. The molecule has 1 aromatic carbocycles. The molecule has 8 nitrogen and oxygen atoms in total. The standard InChI is InChI=1S/C12H15N3O5S/c16-12(14-7-3-4-8-14)9-13-21(19,20)11-6-2-1-5-10(11)15(17)18/h1-2,5-6,13H,3-4,7-9H2. The van der Waals surface area contributed by atoms with Crippen molar-refractivity contribution in [1.29, 1.82) is 0 Å². The minimum Gasteiger partial charge on any atom is -0.342 e. The van der Waals surface area contributed by atoms with Gasteiger partial charge >= 0.3 is 0 Å². The number of carbonyl (C=O) groups is 1. The lowest BCUT2D eigenvalue weighted by atomic mass is 10.3. The summed E-state index contributed by atoms with van der Waals surface area (Å²) < 4.78 is 26.3. The van der Waals surface area contributed by atoms with Crippen LogP contribution in [0.25, 0.3) is 0 Å². The molecule has 0 radical (unpaired) electrons. The van der Waals surface area contributed by atoms with Crippen molar-refractivity contribution >= 4 is 21.6 Å². The first-order valence-electron chi connectivity index (χ1n) is 6.42. The Morgan fingerprint density at radius 3 is 2.52 bits per heavy atom. The molecule has 1 saturated heterocycles. The summed E-state index contributed by atoms with van der Waals surface area (Å²) in [6.45, 7) is 0.840. The normalized spacial score (nSPS) is 15.1. The monoisotopic (exact) mass is 313 g/mol. The second-order valence-electron chi connectivity index (χ2n) is 4.64. The van der Waals surface area contributed by atoms with E-state index < -0.39 is 32.1 Å². The van der Waals surface area contributed by atoms with Crippen LogP contribution in [0, 0.1) is 10.1 Å². The summed E-state index contributed by atoms with van der Waals surface area (Å²) in [5, 5.41) is 10.9. The fraction of sp³-hybridized carbons (Fsp3) is 0.417. The quantitative estimate of drug-likeness (QED) is 0.628. The maximum atomic E-state index is 12.1. The van der Waals surface area contributed by atoms with Crippen molar-refractivity contribution in [3.63, 3.8) is 0 Å². The highest BCUT2D eigenvalue weighted by Gasteiger charge is 2.26. The molecule has 0 saturated carbocycles. The number of likely N-dealkylation sites (tertiary alicyclic amines) is 1. The van der Waals surface area contributed by atoms with Crippen LogP contribution in [0.15, 0.2) is 29.2 Å². The van der Waals surface area contributed by atoms with Crippen LogP contribution in [-0.4, -0.2) is 43.8 Å². The Morgan fingerprint density at radius 1 is 1.29 bits per heavy atom. The van der Waals surface area contributed by atoms with Crippen LogP contribution in [0.5, 0.6) is 0 Å². The summed E-state index contributed by atoms with van der Waals surface area (Å²) in [6, 6.07) is 5.02. The predicted octanol–water partition coefficient (Wildman–Crippen LogP) is 0.495. The van der Waals surface area contributed by atoms with Crippen LogP contribution in [0.2, 0.25) is 0 Å². The van der Waals surface area contributed by atoms with Crippen molar-refractivity contribution in [3.8, 4) is 0 Å². The average molecular weight is 313 g/mol. The van der Waals surface area contributed by atoms with E-state index in [0.717, 1.165) is 25.0 Å². The van der Waals surface area contributed by atoms with Crippen molar-refractivity contribution in [2.75, 3.05) is 19.6 Å². The minimum absolute atomic E-state index is 0.324. The fourth-order valence-corrected chi connectivity index (χ4v) is 3.29. The van der Waals surface area contributed by atoms with Gasteiger partial charge in [-0.25, -0.2) is 13.1 Å². The minimum atomic E-state index is -4.10. The van der Waals surface area contributed by atoms with Crippen molar-refractivity contribution in [3.05, 3.63) is 34.4 Å². The molecule has 0 unspecified atom stereocenters. The number of benzene rings is 1. The summed E-state index contributed by atoms with van der Waals surface area (Å²) in [6.07, 6.45) is 1.81. The van der Waals surface area contributed by atoms with Crippen LogP contribution in [0.3, 0.4) is 0 Å². The van der Waals surface area contributed by atoms with Crippen LogP contribution in [0.4, 0.5) is 5.69 Å². The first kappa shape index (κ1) is 15.4. The Balaban J connectivity index is 2.12. The van der Waals surface area contributed by atoms with Crippen LogP contribution >= 0.6 is 0 Å². The number of nitrogens with zero attached hydrogens (tertiary/aromatic N) is 2. The summed E-state index contributed by atoms with van der Waals surface area (Å²) >= 11 is 0. The van der Waals surface area contributed by atoms with Crippen molar-refractivity contribution in [1.82, 2.24) is 9.62 Å². The van der Waals surface area contributed by atoms with Crippen LogP contribution in [0.1, 0.15) is 12.8 Å². The Bertz CT molecular complexity index is 653. The number of hydrogen-bond acceptors (Lipinski definition) is 5. The Hall–Kier alpha value is -2.00. The highest BCUT2D eigenvalue weighted by Crippen LogP contribution is 2.22. The molecule has 114 valence electrons. The van der Waals surface area contributed by atoms with E-state index in [1.54, 1.807) is 4.90 Å². The molecule has 21 heavy (non-hydrogen) atoms. The molecule has 1 aliphatic heterocycles. The molecule has 1 heterocycles. The lowest BCUT2D eigenvalue weighted by Gasteiger charge is -2.15. The zero-order valence-corrected chi connectivity index (χ0v) is 12.0. The molecule has 1 N–H and O–H groups in total. The number of nitro groups is 1. The second kappa shape index (κ2) is 6.19. The molecule has 1 amide bonds. The smallest absolute Gasteiger partial charge is 0.289 e. The van der Waals surface area contributed by atoms with E-state index in [9.17, 15) is 23.3 Å². The number of para-hydroxylation sites is 1. The van der Waals surface area contributed by atoms with Gasteiger partial charge in [0.25, 0.3) is 5.69 Å². The molecule has 1 aliphatic rings. The van der Waals surface area contributed by atoms with Gasteiger partial charge in [-0.15, -0.1) is 0 Å². The Kier molecular flexibility index (Phi) is 4.53. The average Bonchev–Trinajstić information content (AvgIpc) is 2.99. The van der Waals surface area contributed by atoms with Gasteiger partial charge in [0.05, 0.1) is 11.5 Å². The van der Waals surface area contributed by atoms with E-state index in [4.69, 9.17) is 0 Å². The SMILES string of the molecule is O=C(CNS(=O)(=O)c1ccccc1[N+](=O)[O-])N1CCCC1. The fourth-order valence-electron chi connectivity index (χ4n) is 2.15. The van der Waals surface area contributed by atoms with Gasteiger partial charge in [-0.3, -0.25) is 14.9 Å². The highest BCUT2D eigenvalue weighted by atomic mass is 32.2. The van der Waals surface area contributed by atoms with Crippen LogP contribution in [-0.2, 0) is 14.8 Å².